The van der Waals surface area contributed by atoms with Crippen LogP contribution in [0.1, 0.15) is 20.8 Å². The molecule has 0 unspecified atom stereocenters. The lowest BCUT2D eigenvalue weighted by Gasteiger charge is -2.38. The molecule has 0 atom stereocenters. The molecule has 0 spiro atoms. The first-order chi connectivity index (χ1) is 14.9. The monoisotopic (exact) mass is 408 g/mol. The van der Waals surface area contributed by atoms with Gasteiger partial charge in [-0.05, 0) is 69.3 Å². The van der Waals surface area contributed by atoms with E-state index in [1.165, 1.54) is 16.8 Å². The Morgan fingerprint density at radius 3 is 2.13 bits per heavy atom. The summed E-state index contributed by atoms with van der Waals surface area (Å²) in [5, 5.41) is 2.35. The Morgan fingerprint density at radius 2 is 1.39 bits per heavy atom. The lowest BCUT2D eigenvalue weighted by molar-refractivity contribution is 0.558. The van der Waals surface area contributed by atoms with Crippen LogP contribution in [0.2, 0.25) is 0 Å². The number of anilines is 2. The minimum Gasteiger partial charge on any atom is -0.335 e. The van der Waals surface area contributed by atoms with Crippen molar-refractivity contribution in [3.8, 4) is 5.69 Å². The Morgan fingerprint density at radius 1 is 0.710 bits per heavy atom. The van der Waals surface area contributed by atoms with Gasteiger partial charge >= 0.3 is 0 Å². The van der Waals surface area contributed by atoms with E-state index in [2.05, 4.69) is 97.0 Å². The number of halogens is 1. The van der Waals surface area contributed by atoms with E-state index in [0.29, 0.717) is 0 Å². The van der Waals surface area contributed by atoms with Crippen LogP contribution in [0.15, 0.2) is 97.1 Å². The minimum absolute atomic E-state index is 0.231. The number of para-hydroxylation sites is 2. The summed E-state index contributed by atoms with van der Waals surface area (Å²) in [6, 6.07) is 32.2. The van der Waals surface area contributed by atoms with E-state index in [-0.39, 0.29) is 11.4 Å². The maximum Gasteiger partial charge on any atom is 0.125 e. The van der Waals surface area contributed by atoms with Gasteiger partial charge in [-0.15, -0.1) is 0 Å². The van der Waals surface area contributed by atoms with E-state index in [1.807, 2.05) is 12.1 Å². The topological polar surface area (TPSA) is 8.17 Å². The van der Waals surface area contributed by atoms with Gasteiger partial charge in [0.05, 0.1) is 16.7 Å². The molecule has 0 saturated heterocycles. The molecular weight excluding hydrogens is 383 g/mol. The Kier molecular flexibility index (Phi) is 4.55. The van der Waals surface area contributed by atoms with Crippen molar-refractivity contribution in [2.45, 2.75) is 26.3 Å². The van der Waals surface area contributed by atoms with Crippen LogP contribution in [0, 0.1) is 5.82 Å². The van der Waals surface area contributed by atoms with E-state index in [9.17, 15) is 4.39 Å². The molecule has 31 heavy (non-hydrogen) atoms. The fourth-order valence-corrected chi connectivity index (χ4v) is 4.54. The molecule has 1 heterocycles. The number of fused-ring (bicyclic) bond motifs is 3. The highest BCUT2D eigenvalue weighted by atomic mass is 19.1. The van der Waals surface area contributed by atoms with Crippen molar-refractivity contribution in [1.29, 1.82) is 0 Å². The average molecular weight is 409 g/mol. The van der Waals surface area contributed by atoms with Crippen LogP contribution in [0.25, 0.3) is 27.5 Å². The molecule has 3 heteroatoms. The minimum atomic E-state index is -0.252. The third kappa shape index (κ3) is 3.27. The first kappa shape index (κ1) is 19.4. The van der Waals surface area contributed by atoms with Gasteiger partial charge in [-0.2, -0.15) is 0 Å². The molecule has 2 nitrogen and oxygen atoms in total. The van der Waals surface area contributed by atoms with Crippen LogP contribution in [0.4, 0.5) is 15.8 Å². The summed E-state index contributed by atoms with van der Waals surface area (Å²) in [7, 11) is 0. The van der Waals surface area contributed by atoms with Crippen molar-refractivity contribution >= 4 is 33.2 Å². The van der Waals surface area contributed by atoms with Gasteiger partial charge in [0.15, 0.2) is 0 Å². The summed E-state index contributed by atoms with van der Waals surface area (Å²) in [6.45, 7) is 6.48. The predicted octanol–water partition coefficient (Wildman–Crippen LogP) is 7.86. The molecule has 0 aliphatic carbocycles. The lowest BCUT2D eigenvalue weighted by Crippen LogP contribution is -2.37. The molecular formula is C28H25FN2. The summed E-state index contributed by atoms with van der Waals surface area (Å²) >= 11 is 0. The van der Waals surface area contributed by atoms with Gasteiger partial charge in [-0.3, -0.25) is 0 Å². The second kappa shape index (κ2) is 7.28. The Balaban J connectivity index is 1.89. The third-order valence-corrected chi connectivity index (χ3v) is 5.67. The number of benzene rings is 4. The molecule has 0 amide bonds. The third-order valence-electron chi connectivity index (χ3n) is 5.67. The zero-order valence-corrected chi connectivity index (χ0v) is 18.0. The summed E-state index contributed by atoms with van der Waals surface area (Å²) in [4.78, 5) is 2.24. The second-order valence-corrected chi connectivity index (χ2v) is 8.85. The normalized spacial score (nSPS) is 11.9. The zero-order chi connectivity index (χ0) is 21.6. The molecule has 1 aromatic heterocycles. The highest BCUT2D eigenvalue weighted by Crippen LogP contribution is 2.43. The van der Waals surface area contributed by atoms with Gasteiger partial charge in [-0.1, -0.05) is 48.5 Å². The summed E-state index contributed by atoms with van der Waals surface area (Å²) in [6.07, 6.45) is 0. The first-order valence-corrected chi connectivity index (χ1v) is 10.6. The Hall–Kier alpha value is -3.59. The van der Waals surface area contributed by atoms with E-state index in [0.717, 1.165) is 28.1 Å². The molecule has 5 aromatic rings. The second-order valence-electron chi connectivity index (χ2n) is 8.85. The highest BCUT2D eigenvalue weighted by Gasteiger charge is 2.27. The molecule has 154 valence electrons. The van der Waals surface area contributed by atoms with Gasteiger partial charge in [0.2, 0.25) is 0 Å². The fraction of sp³-hybridized carbons (Fsp3) is 0.143. The Labute approximate surface area is 182 Å². The molecule has 0 aliphatic rings. The van der Waals surface area contributed by atoms with Crippen LogP contribution in [-0.4, -0.2) is 10.1 Å². The van der Waals surface area contributed by atoms with Crippen molar-refractivity contribution in [2.75, 3.05) is 4.90 Å². The smallest absolute Gasteiger partial charge is 0.125 e. The van der Waals surface area contributed by atoms with Crippen LogP contribution >= 0.6 is 0 Å². The lowest BCUT2D eigenvalue weighted by atomic mass is 10.0. The predicted molar refractivity (Wildman–Crippen MR) is 129 cm³/mol. The van der Waals surface area contributed by atoms with Crippen LogP contribution < -0.4 is 4.90 Å². The van der Waals surface area contributed by atoms with Crippen molar-refractivity contribution in [1.82, 2.24) is 4.57 Å². The molecule has 5 rings (SSSR count). The van der Waals surface area contributed by atoms with E-state index in [1.54, 1.807) is 12.1 Å². The van der Waals surface area contributed by atoms with Crippen LogP contribution in [0.3, 0.4) is 0 Å². The number of hydrogen-bond acceptors (Lipinski definition) is 1. The zero-order valence-electron chi connectivity index (χ0n) is 18.0. The highest BCUT2D eigenvalue weighted by molar-refractivity contribution is 6.15. The van der Waals surface area contributed by atoms with Crippen LogP contribution in [-0.2, 0) is 0 Å². The van der Waals surface area contributed by atoms with Gasteiger partial charge in [0.25, 0.3) is 0 Å². The van der Waals surface area contributed by atoms with Gasteiger partial charge in [0, 0.05) is 27.7 Å². The summed E-state index contributed by atoms with van der Waals surface area (Å²) < 4.78 is 16.5. The van der Waals surface area contributed by atoms with Gasteiger partial charge in [-0.25, -0.2) is 4.39 Å². The van der Waals surface area contributed by atoms with E-state index < -0.39 is 0 Å². The molecule has 4 aromatic carbocycles. The maximum absolute atomic E-state index is 14.2. The van der Waals surface area contributed by atoms with Gasteiger partial charge in [0.1, 0.15) is 5.82 Å². The quantitative estimate of drug-likeness (QED) is 0.295. The number of hydrogen-bond donors (Lipinski definition) is 0. The fourth-order valence-electron chi connectivity index (χ4n) is 4.54. The van der Waals surface area contributed by atoms with E-state index >= 15 is 0 Å². The van der Waals surface area contributed by atoms with Crippen molar-refractivity contribution in [2.24, 2.45) is 0 Å². The number of rotatable bonds is 3. The molecule has 0 bridgehead atoms. The molecule has 0 radical (unpaired) electrons. The maximum atomic E-state index is 14.2. The SMILES string of the molecule is CC(C)(C)N(c1cccc(F)c1)c1cccc2c1c1ccccc1n2-c1ccccc1. The molecule has 0 N–H and O–H groups in total. The van der Waals surface area contributed by atoms with E-state index in [4.69, 9.17) is 0 Å². The molecule has 0 saturated carbocycles. The molecule has 0 aliphatic heterocycles. The average Bonchev–Trinajstić information content (AvgIpc) is 3.09. The summed E-state index contributed by atoms with van der Waals surface area (Å²) in [5.41, 5.74) is 5.08. The standard InChI is InChI=1S/C28H25FN2/c1-28(2,3)31(22-14-9-11-20(29)19-22)26-18-10-17-25-27(26)23-15-7-8-16-24(23)30(25)21-12-5-4-6-13-21/h4-19H,1-3H3. The molecule has 0 fully saturated rings. The van der Waals surface area contributed by atoms with Crippen LogP contribution in [0.5, 0.6) is 0 Å². The number of aromatic nitrogens is 1. The first-order valence-electron chi connectivity index (χ1n) is 10.6. The summed E-state index contributed by atoms with van der Waals surface area (Å²) in [5.74, 6) is -0.231. The van der Waals surface area contributed by atoms with Crippen molar-refractivity contribution in [3.63, 3.8) is 0 Å². The number of nitrogens with zero attached hydrogens (tertiary/aromatic N) is 2. The van der Waals surface area contributed by atoms with Crippen molar-refractivity contribution in [3.05, 3.63) is 103 Å². The Bertz CT molecular complexity index is 1380. The van der Waals surface area contributed by atoms with Gasteiger partial charge < -0.3 is 9.47 Å². The largest absolute Gasteiger partial charge is 0.335 e. The van der Waals surface area contributed by atoms with Crippen molar-refractivity contribution < 1.29 is 4.39 Å².